The van der Waals surface area contributed by atoms with E-state index in [9.17, 15) is 4.79 Å². The van der Waals surface area contributed by atoms with Crippen molar-refractivity contribution in [2.45, 2.75) is 26.3 Å². The Bertz CT molecular complexity index is 611. The second-order valence-corrected chi connectivity index (χ2v) is 5.48. The summed E-state index contributed by atoms with van der Waals surface area (Å²) in [5.74, 6) is 1.29. The van der Waals surface area contributed by atoms with E-state index < -0.39 is 6.09 Å². The van der Waals surface area contributed by atoms with Crippen LogP contribution in [0, 0.1) is 0 Å². The zero-order valence-electron chi connectivity index (χ0n) is 13.0. The van der Waals surface area contributed by atoms with Crippen LogP contribution in [0.15, 0.2) is 48.5 Å². The standard InChI is InChI=1S/C18H20ClNO3/c1-2-3-12-22-16-8-4-14(5-9-16)13-20-18(21)23-17-10-6-15(19)7-11-17/h4-11H,2-3,12-13H2,1H3,(H,20,21). The fourth-order valence-corrected chi connectivity index (χ4v) is 1.98. The number of rotatable bonds is 7. The molecular formula is C18H20ClNO3. The zero-order chi connectivity index (χ0) is 16.5. The summed E-state index contributed by atoms with van der Waals surface area (Å²) >= 11 is 5.78. The van der Waals surface area contributed by atoms with Crippen LogP contribution < -0.4 is 14.8 Å². The molecule has 0 saturated heterocycles. The maximum absolute atomic E-state index is 11.7. The minimum absolute atomic E-state index is 0.391. The Morgan fingerprint density at radius 2 is 1.70 bits per heavy atom. The Hall–Kier alpha value is -2.20. The van der Waals surface area contributed by atoms with Gasteiger partial charge >= 0.3 is 6.09 Å². The molecule has 122 valence electrons. The molecule has 2 aromatic rings. The highest BCUT2D eigenvalue weighted by Gasteiger charge is 2.04. The number of carbonyl (C=O) groups excluding carboxylic acids is 1. The van der Waals surface area contributed by atoms with Crippen molar-refractivity contribution in [2.24, 2.45) is 0 Å². The summed E-state index contributed by atoms with van der Waals surface area (Å²) in [6.07, 6.45) is 1.65. The average molecular weight is 334 g/mol. The van der Waals surface area contributed by atoms with Gasteiger partial charge in [-0.15, -0.1) is 0 Å². The molecule has 0 bridgehead atoms. The van der Waals surface area contributed by atoms with Crippen molar-refractivity contribution in [3.63, 3.8) is 0 Å². The minimum Gasteiger partial charge on any atom is -0.494 e. The van der Waals surface area contributed by atoms with E-state index in [4.69, 9.17) is 21.1 Å². The van der Waals surface area contributed by atoms with Gasteiger partial charge in [-0.05, 0) is 48.4 Å². The van der Waals surface area contributed by atoms with E-state index in [2.05, 4.69) is 12.2 Å². The second kappa shape index (κ2) is 9.06. The van der Waals surface area contributed by atoms with Gasteiger partial charge in [0.15, 0.2) is 0 Å². The molecule has 0 aliphatic carbocycles. The molecule has 2 aromatic carbocycles. The van der Waals surface area contributed by atoms with E-state index in [1.807, 2.05) is 24.3 Å². The molecule has 0 aliphatic heterocycles. The molecule has 5 heteroatoms. The summed E-state index contributed by atoms with van der Waals surface area (Å²) in [7, 11) is 0. The Labute approximate surface area is 141 Å². The predicted molar refractivity (Wildman–Crippen MR) is 91.2 cm³/mol. The van der Waals surface area contributed by atoms with Crippen molar-refractivity contribution in [2.75, 3.05) is 6.61 Å². The quantitative estimate of drug-likeness (QED) is 0.740. The number of benzene rings is 2. The van der Waals surface area contributed by atoms with Gasteiger partial charge in [-0.1, -0.05) is 37.1 Å². The highest BCUT2D eigenvalue weighted by molar-refractivity contribution is 6.30. The van der Waals surface area contributed by atoms with Gasteiger partial charge in [0.25, 0.3) is 0 Å². The molecule has 0 saturated carbocycles. The Kier molecular flexibility index (Phi) is 6.76. The molecule has 0 radical (unpaired) electrons. The Morgan fingerprint density at radius 3 is 2.35 bits per heavy atom. The number of halogens is 1. The Morgan fingerprint density at radius 1 is 1.04 bits per heavy atom. The van der Waals surface area contributed by atoms with Gasteiger partial charge in [-0.25, -0.2) is 4.79 Å². The van der Waals surface area contributed by atoms with Crippen molar-refractivity contribution in [1.29, 1.82) is 0 Å². The van der Waals surface area contributed by atoms with Gasteiger partial charge in [-0.3, -0.25) is 0 Å². The van der Waals surface area contributed by atoms with Crippen LogP contribution in [0.4, 0.5) is 4.79 Å². The van der Waals surface area contributed by atoms with Gasteiger partial charge in [-0.2, -0.15) is 0 Å². The summed E-state index contributed by atoms with van der Waals surface area (Å²) in [4.78, 5) is 11.7. The number of amides is 1. The van der Waals surface area contributed by atoms with Gasteiger partial charge in [0.05, 0.1) is 6.61 Å². The fraction of sp³-hybridized carbons (Fsp3) is 0.278. The van der Waals surface area contributed by atoms with E-state index in [0.29, 0.717) is 17.3 Å². The van der Waals surface area contributed by atoms with Gasteiger partial charge in [0.1, 0.15) is 11.5 Å². The summed E-state index contributed by atoms with van der Waals surface area (Å²) in [6.45, 7) is 3.24. The topological polar surface area (TPSA) is 47.6 Å². The molecule has 23 heavy (non-hydrogen) atoms. The maximum atomic E-state index is 11.7. The first-order valence-corrected chi connectivity index (χ1v) is 7.98. The lowest BCUT2D eigenvalue weighted by atomic mass is 10.2. The Balaban J connectivity index is 1.76. The first-order chi connectivity index (χ1) is 11.2. The highest BCUT2D eigenvalue weighted by Crippen LogP contribution is 2.16. The largest absolute Gasteiger partial charge is 0.494 e. The summed E-state index contributed by atoms with van der Waals surface area (Å²) < 4.78 is 10.7. The van der Waals surface area contributed by atoms with E-state index in [0.717, 1.165) is 30.8 Å². The van der Waals surface area contributed by atoms with Crippen LogP contribution in [-0.4, -0.2) is 12.7 Å². The lowest BCUT2D eigenvalue weighted by molar-refractivity contribution is 0.200. The van der Waals surface area contributed by atoms with E-state index in [1.54, 1.807) is 24.3 Å². The van der Waals surface area contributed by atoms with Crippen molar-refractivity contribution in [3.8, 4) is 11.5 Å². The highest BCUT2D eigenvalue weighted by atomic mass is 35.5. The average Bonchev–Trinajstić information content (AvgIpc) is 2.56. The molecule has 2 rings (SSSR count). The van der Waals surface area contributed by atoms with Crippen LogP contribution in [0.3, 0.4) is 0 Å². The van der Waals surface area contributed by atoms with Crippen LogP contribution in [0.5, 0.6) is 11.5 Å². The molecule has 1 amide bonds. The number of ether oxygens (including phenoxy) is 2. The van der Waals surface area contributed by atoms with Crippen LogP contribution in [-0.2, 0) is 6.54 Å². The minimum atomic E-state index is -0.504. The molecule has 1 N–H and O–H groups in total. The third kappa shape index (κ3) is 6.20. The monoisotopic (exact) mass is 333 g/mol. The molecule has 0 aliphatic rings. The zero-order valence-corrected chi connectivity index (χ0v) is 13.8. The molecule has 0 aromatic heterocycles. The van der Waals surface area contributed by atoms with Crippen LogP contribution >= 0.6 is 11.6 Å². The van der Waals surface area contributed by atoms with Crippen LogP contribution in [0.2, 0.25) is 5.02 Å². The van der Waals surface area contributed by atoms with Crippen LogP contribution in [0.25, 0.3) is 0 Å². The molecule has 0 unspecified atom stereocenters. The van der Waals surface area contributed by atoms with Crippen molar-refractivity contribution in [1.82, 2.24) is 5.32 Å². The first-order valence-electron chi connectivity index (χ1n) is 7.60. The smallest absolute Gasteiger partial charge is 0.412 e. The normalized spacial score (nSPS) is 10.2. The predicted octanol–water partition coefficient (Wildman–Crippen LogP) is 4.81. The molecule has 0 fully saturated rings. The lowest BCUT2D eigenvalue weighted by Gasteiger charge is -2.08. The lowest BCUT2D eigenvalue weighted by Crippen LogP contribution is -2.26. The molecular weight excluding hydrogens is 314 g/mol. The van der Waals surface area contributed by atoms with Gasteiger partial charge in [0.2, 0.25) is 0 Å². The second-order valence-electron chi connectivity index (χ2n) is 5.04. The molecule has 0 atom stereocenters. The third-order valence-corrected chi connectivity index (χ3v) is 3.40. The summed E-state index contributed by atoms with van der Waals surface area (Å²) in [5, 5.41) is 3.30. The molecule has 4 nitrogen and oxygen atoms in total. The van der Waals surface area contributed by atoms with Crippen LogP contribution in [0.1, 0.15) is 25.3 Å². The van der Waals surface area contributed by atoms with Gasteiger partial charge in [0, 0.05) is 11.6 Å². The SMILES string of the molecule is CCCCOc1ccc(CNC(=O)Oc2ccc(Cl)cc2)cc1. The fourth-order valence-electron chi connectivity index (χ4n) is 1.86. The third-order valence-electron chi connectivity index (χ3n) is 3.15. The van der Waals surface area contributed by atoms with Crippen molar-refractivity contribution < 1.29 is 14.3 Å². The maximum Gasteiger partial charge on any atom is 0.412 e. The first kappa shape index (κ1) is 17.2. The summed E-state index contributed by atoms with van der Waals surface area (Å²) in [6, 6.07) is 14.3. The molecule has 0 heterocycles. The summed E-state index contributed by atoms with van der Waals surface area (Å²) in [5.41, 5.74) is 0.973. The van der Waals surface area contributed by atoms with E-state index in [-0.39, 0.29) is 0 Å². The van der Waals surface area contributed by atoms with Crippen molar-refractivity contribution in [3.05, 3.63) is 59.1 Å². The number of hydrogen-bond donors (Lipinski definition) is 1. The van der Waals surface area contributed by atoms with Gasteiger partial charge < -0.3 is 14.8 Å². The number of hydrogen-bond acceptors (Lipinski definition) is 3. The van der Waals surface area contributed by atoms with E-state index in [1.165, 1.54) is 0 Å². The number of carbonyl (C=O) groups is 1. The van der Waals surface area contributed by atoms with Crippen molar-refractivity contribution >= 4 is 17.7 Å². The number of unbranched alkanes of at least 4 members (excludes halogenated alkanes) is 1. The van der Waals surface area contributed by atoms with E-state index >= 15 is 0 Å². The molecule has 0 spiro atoms. The number of nitrogens with one attached hydrogen (secondary N) is 1.